The summed E-state index contributed by atoms with van der Waals surface area (Å²) < 4.78 is 2.16. The Morgan fingerprint density at radius 2 is 1.77 bits per heavy atom. The quantitative estimate of drug-likeness (QED) is 0.391. The lowest BCUT2D eigenvalue weighted by Crippen LogP contribution is -2.14. The molecule has 0 aliphatic carbocycles. The van der Waals surface area contributed by atoms with Gasteiger partial charge in [0.25, 0.3) is 5.56 Å². The topological polar surface area (TPSA) is 34.9 Å². The molecule has 0 saturated carbocycles. The number of thioether (sulfide) groups is 1. The van der Waals surface area contributed by atoms with Crippen molar-refractivity contribution >= 4 is 34.3 Å². The Kier molecular flexibility index (Phi) is 5.01. The van der Waals surface area contributed by atoms with Crippen LogP contribution in [0.2, 0.25) is 0 Å². The highest BCUT2D eigenvalue weighted by Crippen LogP contribution is 2.30. The molecule has 148 valence electrons. The average Bonchev–Trinajstić information content (AvgIpc) is 3.17. The molecular formula is C26H22N2OS. The van der Waals surface area contributed by atoms with Crippen molar-refractivity contribution in [3.8, 4) is 0 Å². The molecule has 0 saturated heterocycles. The first kappa shape index (κ1) is 18.9. The van der Waals surface area contributed by atoms with E-state index in [2.05, 4.69) is 71.1 Å². The Hall–Kier alpha value is -3.11. The minimum Gasteiger partial charge on any atom is -0.325 e. The molecule has 0 fully saturated rings. The maximum absolute atomic E-state index is 12.4. The van der Waals surface area contributed by atoms with Crippen molar-refractivity contribution in [3.63, 3.8) is 0 Å². The predicted molar refractivity (Wildman–Crippen MR) is 126 cm³/mol. The highest BCUT2D eigenvalue weighted by atomic mass is 32.2. The Labute approximate surface area is 180 Å². The Bertz CT molecular complexity index is 1300. The number of nitrogens with zero attached hydrogens (tertiary/aromatic N) is 2. The number of fused-ring (bicyclic) bond motifs is 3. The lowest BCUT2D eigenvalue weighted by atomic mass is 10.1. The van der Waals surface area contributed by atoms with Crippen LogP contribution in [0.1, 0.15) is 28.9 Å². The molecule has 3 aromatic carbocycles. The van der Waals surface area contributed by atoms with E-state index in [1.54, 1.807) is 0 Å². The normalized spacial score (nSPS) is 14.4. The Balaban J connectivity index is 1.36. The van der Waals surface area contributed by atoms with Gasteiger partial charge in [-0.1, -0.05) is 54.1 Å². The van der Waals surface area contributed by atoms with Crippen LogP contribution in [0.15, 0.2) is 82.5 Å². The van der Waals surface area contributed by atoms with Crippen molar-refractivity contribution in [2.45, 2.75) is 30.5 Å². The van der Waals surface area contributed by atoms with Gasteiger partial charge in [0.05, 0.1) is 10.9 Å². The van der Waals surface area contributed by atoms with Crippen molar-refractivity contribution in [1.29, 1.82) is 0 Å². The maximum atomic E-state index is 12.4. The smallest absolute Gasteiger partial charge is 0.281 e. The fourth-order valence-electron chi connectivity index (χ4n) is 3.89. The summed E-state index contributed by atoms with van der Waals surface area (Å²) in [6.45, 7) is 2.97. The van der Waals surface area contributed by atoms with E-state index in [4.69, 9.17) is 0 Å². The number of para-hydroxylation sites is 1. The number of aryl methyl sites for hydroxylation is 2. The van der Waals surface area contributed by atoms with Gasteiger partial charge < -0.3 is 4.57 Å². The summed E-state index contributed by atoms with van der Waals surface area (Å²) in [7, 11) is 0. The van der Waals surface area contributed by atoms with Crippen LogP contribution >= 0.6 is 11.8 Å². The van der Waals surface area contributed by atoms with Gasteiger partial charge in [-0.15, -0.1) is 11.8 Å². The van der Waals surface area contributed by atoms with Crippen molar-refractivity contribution in [1.82, 2.24) is 9.55 Å². The van der Waals surface area contributed by atoms with E-state index in [-0.39, 0.29) is 5.56 Å². The second-order valence-electron chi connectivity index (χ2n) is 7.67. The lowest BCUT2D eigenvalue weighted by molar-refractivity contribution is 0.772. The van der Waals surface area contributed by atoms with Crippen LogP contribution in [0.5, 0.6) is 0 Å². The van der Waals surface area contributed by atoms with E-state index in [9.17, 15) is 4.79 Å². The molecule has 4 heteroatoms. The van der Waals surface area contributed by atoms with Crippen LogP contribution in [-0.4, -0.2) is 9.55 Å². The Morgan fingerprint density at radius 3 is 2.57 bits per heavy atom. The lowest BCUT2D eigenvalue weighted by Gasteiger charge is -2.07. The van der Waals surface area contributed by atoms with Crippen molar-refractivity contribution in [2.24, 2.45) is 0 Å². The first-order valence-corrected chi connectivity index (χ1v) is 11.1. The number of hydrogen-bond donors (Lipinski definition) is 0. The average molecular weight is 411 g/mol. The van der Waals surface area contributed by atoms with Crippen LogP contribution in [0, 0.1) is 6.92 Å². The van der Waals surface area contributed by atoms with Gasteiger partial charge in [-0.3, -0.25) is 4.79 Å². The van der Waals surface area contributed by atoms with Gasteiger partial charge >= 0.3 is 0 Å². The summed E-state index contributed by atoms with van der Waals surface area (Å²) in [4.78, 5) is 18.1. The molecule has 0 spiro atoms. The van der Waals surface area contributed by atoms with E-state index in [0.717, 1.165) is 41.2 Å². The van der Waals surface area contributed by atoms with Gasteiger partial charge in [0.1, 0.15) is 5.82 Å². The maximum Gasteiger partial charge on any atom is 0.281 e. The summed E-state index contributed by atoms with van der Waals surface area (Å²) in [5.74, 6) is 1.77. The van der Waals surface area contributed by atoms with Gasteiger partial charge in [0.2, 0.25) is 0 Å². The highest BCUT2D eigenvalue weighted by molar-refractivity contribution is 7.98. The monoisotopic (exact) mass is 410 g/mol. The molecular weight excluding hydrogens is 388 g/mol. The largest absolute Gasteiger partial charge is 0.325 e. The minimum absolute atomic E-state index is 0.146. The first-order valence-electron chi connectivity index (χ1n) is 10.2. The molecule has 0 unspecified atom stereocenters. The minimum atomic E-state index is -0.146. The summed E-state index contributed by atoms with van der Waals surface area (Å²) in [5, 5.41) is 0.692. The molecule has 0 radical (unpaired) electrons. The summed E-state index contributed by atoms with van der Waals surface area (Å²) in [6, 6.07) is 25.1. The van der Waals surface area contributed by atoms with Gasteiger partial charge in [0, 0.05) is 17.2 Å². The van der Waals surface area contributed by atoms with Crippen LogP contribution in [0.3, 0.4) is 0 Å². The molecule has 2 heterocycles. The van der Waals surface area contributed by atoms with Gasteiger partial charge in [-0.25, -0.2) is 0 Å². The third-order valence-corrected chi connectivity index (χ3v) is 6.61. The SMILES string of the molecule is Cc1ccc(CSc2ccc(/C=C3/CCn4c3nc(=O)c3ccccc34)cc2)cc1. The van der Waals surface area contributed by atoms with Gasteiger partial charge in [0.15, 0.2) is 0 Å². The van der Waals surface area contributed by atoms with Crippen molar-refractivity contribution in [3.05, 3.63) is 106 Å². The fraction of sp³-hybridized carbons (Fsp3) is 0.154. The third kappa shape index (κ3) is 3.71. The van der Waals surface area contributed by atoms with E-state index >= 15 is 0 Å². The standard InChI is InChI=1S/C26H22N2OS/c1-18-6-8-20(9-7-18)17-30-22-12-10-19(11-13-22)16-21-14-15-28-24-5-3-2-4-23(24)26(29)27-25(21)28/h2-13,16H,14-15,17H2,1H3/b21-16-. The zero-order chi connectivity index (χ0) is 20.5. The highest BCUT2D eigenvalue weighted by Gasteiger charge is 2.20. The fourth-order valence-corrected chi connectivity index (χ4v) is 4.74. The van der Waals surface area contributed by atoms with Crippen LogP contribution in [-0.2, 0) is 12.3 Å². The zero-order valence-corrected chi connectivity index (χ0v) is 17.7. The number of benzene rings is 3. The third-order valence-electron chi connectivity index (χ3n) is 5.53. The molecule has 3 nitrogen and oxygen atoms in total. The number of rotatable bonds is 4. The first-order chi connectivity index (χ1) is 14.7. The summed E-state index contributed by atoms with van der Waals surface area (Å²) in [5.41, 5.74) is 5.71. The van der Waals surface area contributed by atoms with E-state index in [1.807, 2.05) is 36.0 Å². The molecule has 30 heavy (non-hydrogen) atoms. The van der Waals surface area contributed by atoms with Gasteiger partial charge in [-0.2, -0.15) is 4.98 Å². The predicted octanol–water partition coefficient (Wildman–Crippen LogP) is 5.94. The van der Waals surface area contributed by atoms with Crippen molar-refractivity contribution < 1.29 is 0 Å². The molecule has 0 atom stereocenters. The van der Waals surface area contributed by atoms with Gasteiger partial charge in [-0.05, 0) is 60.4 Å². The second kappa shape index (κ2) is 7.96. The Morgan fingerprint density at radius 1 is 1.00 bits per heavy atom. The molecule has 5 rings (SSSR count). The van der Waals surface area contributed by atoms with Crippen LogP contribution < -0.4 is 5.56 Å². The molecule has 4 aromatic rings. The molecule has 1 aliphatic heterocycles. The second-order valence-corrected chi connectivity index (χ2v) is 8.72. The molecule has 1 aromatic heterocycles. The molecule has 0 bridgehead atoms. The van der Waals surface area contributed by atoms with E-state index in [0.29, 0.717) is 5.39 Å². The summed E-state index contributed by atoms with van der Waals surface area (Å²) >= 11 is 1.84. The summed E-state index contributed by atoms with van der Waals surface area (Å²) in [6.07, 6.45) is 3.05. The molecule has 1 aliphatic rings. The zero-order valence-electron chi connectivity index (χ0n) is 16.8. The van der Waals surface area contributed by atoms with Crippen LogP contribution in [0.25, 0.3) is 22.6 Å². The number of aromatic nitrogens is 2. The van der Waals surface area contributed by atoms with E-state index in [1.165, 1.54) is 16.0 Å². The number of allylic oxidation sites excluding steroid dienone is 1. The van der Waals surface area contributed by atoms with Crippen LogP contribution in [0.4, 0.5) is 0 Å². The number of hydrogen-bond acceptors (Lipinski definition) is 3. The van der Waals surface area contributed by atoms with E-state index < -0.39 is 0 Å². The molecule has 0 amide bonds. The molecule has 0 N–H and O–H groups in total. The van der Waals surface area contributed by atoms with Crippen molar-refractivity contribution in [2.75, 3.05) is 0 Å².